The Hall–Kier alpha value is -0.860. The molecule has 0 saturated heterocycles. The molecule has 0 aliphatic heterocycles. The van der Waals surface area contributed by atoms with Gasteiger partial charge in [0.15, 0.2) is 0 Å². The first-order chi connectivity index (χ1) is 8.08. The molecule has 17 heavy (non-hydrogen) atoms. The van der Waals surface area contributed by atoms with E-state index in [2.05, 4.69) is 44.3 Å². The first-order valence-electron chi connectivity index (χ1n) is 6.60. The lowest BCUT2D eigenvalue weighted by atomic mass is 10.0. The summed E-state index contributed by atoms with van der Waals surface area (Å²) in [7, 11) is 0. The van der Waals surface area contributed by atoms with Crippen LogP contribution in [0.5, 0.6) is 0 Å². The molecule has 0 heterocycles. The number of hydrogen-bond donors (Lipinski definition) is 2. The van der Waals surface area contributed by atoms with Crippen LogP contribution in [0, 0.1) is 5.92 Å². The minimum Gasteiger partial charge on any atom is -0.391 e. The van der Waals surface area contributed by atoms with Gasteiger partial charge in [0.25, 0.3) is 0 Å². The molecule has 0 fully saturated rings. The van der Waals surface area contributed by atoms with Crippen LogP contribution >= 0.6 is 0 Å². The van der Waals surface area contributed by atoms with E-state index in [1.54, 1.807) is 0 Å². The molecule has 1 aromatic carbocycles. The highest BCUT2D eigenvalue weighted by atomic mass is 16.3. The van der Waals surface area contributed by atoms with Crippen LogP contribution in [-0.4, -0.2) is 17.3 Å². The van der Waals surface area contributed by atoms with Crippen molar-refractivity contribution >= 4 is 0 Å². The van der Waals surface area contributed by atoms with Gasteiger partial charge in [0, 0.05) is 12.5 Å². The number of nitrogens with one attached hydrogen (secondary N) is 1. The molecule has 94 valence electrons. The summed E-state index contributed by atoms with van der Waals surface area (Å²) in [6.45, 7) is 6.67. The number of fused-ring (bicyclic) bond motifs is 1. The summed E-state index contributed by atoms with van der Waals surface area (Å²) >= 11 is 0. The van der Waals surface area contributed by atoms with Crippen molar-refractivity contribution in [3.8, 4) is 0 Å². The Morgan fingerprint density at radius 2 is 2.00 bits per heavy atom. The van der Waals surface area contributed by atoms with Crippen LogP contribution in [0.25, 0.3) is 0 Å². The van der Waals surface area contributed by atoms with Gasteiger partial charge in [-0.3, -0.25) is 0 Å². The largest absolute Gasteiger partial charge is 0.391 e. The number of benzene rings is 1. The molecule has 2 N–H and O–H groups in total. The molecule has 0 aromatic heterocycles. The van der Waals surface area contributed by atoms with Gasteiger partial charge in [-0.05, 0) is 30.4 Å². The molecule has 0 saturated carbocycles. The Balaban J connectivity index is 2.06. The van der Waals surface area contributed by atoms with Gasteiger partial charge in [0.05, 0.1) is 12.1 Å². The minimum absolute atomic E-state index is 0.111. The summed E-state index contributed by atoms with van der Waals surface area (Å²) in [5.41, 5.74) is 2.56. The molecule has 1 aliphatic carbocycles. The van der Waals surface area contributed by atoms with Crippen molar-refractivity contribution in [3.63, 3.8) is 0 Å². The van der Waals surface area contributed by atoms with E-state index in [0.29, 0.717) is 12.0 Å². The Morgan fingerprint density at radius 3 is 2.71 bits per heavy atom. The summed E-state index contributed by atoms with van der Waals surface area (Å²) in [6.07, 6.45) is 1.65. The Kier molecular flexibility index (Phi) is 3.85. The van der Waals surface area contributed by atoms with Crippen LogP contribution in [0.3, 0.4) is 0 Å². The van der Waals surface area contributed by atoms with Crippen molar-refractivity contribution in [1.82, 2.24) is 5.32 Å². The van der Waals surface area contributed by atoms with E-state index >= 15 is 0 Å². The second-order valence-corrected chi connectivity index (χ2v) is 5.65. The van der Waals surface area contributed by atoms with Crippen LogP contribution < -0.4 is 5.32 Å². The van der Waals surface area contributed by atoms with Crippen molar-refractivity contribution in [2.24, 2.45) is 5.92 Å². The monoisotopic (exact) mass is 233 g/mol. The third-order valence-electron chi connectivity index (χ3n) is 3.49. The maximum Gasteiger partial charge on any atom is 0.0775 e. The molecule has 1 aliphatic rings. The summed E-state index contributed by atoms with van der Waals surface area (Å²) < 4.78 is 0. The highest BCUT2D eigenvalue weighted by Gasteiger charge is 2.31. The molecule has 2 rings (SSSR count). The maximum atomic E-state index is 10.1. The zero-order valence-electron chi connectivity index (χ0n) is 11.0. The molecule has 2 heteroatoms. The van der Waals surface area contributed by atoms with E-state index in [9.17, 15) is 5.11 Å². The fourth-order valence-electron chi connectivity index (χ4n) is 2.86. The molecular formula is C15H23NO. The summed E-state index contributed by atoms with van der Waals surface area (Å²) in [5, 5.41) is 13.7. The first-order valence-corrected chi connectivity index (χ1v) is 6.60. The van der Waals surface area contributed by atoms with E-state index in [0.717, 1.165) is 12.8 Å². The second kappa shape index (κ2) is 5.19. The van der Waals surface area contributed by atoms with Crippen molar-refractivity contribution < 1.29 is 5.11 Å². The lowest BCUT2D eigenvalue weighted by Gasteiger charge is -2.24. The third kappa shape index (κ3) is 2.88. The lowest BCUT2D eigenvalue weighted by molar-refractivity contribution is 0.133. The summed E-state index contributed by atoms with van der Waals surface area (Å²) in [4.78, 5) is 0. The van der Waals surface area contributed by atoms with Crippen LogP contribution in [0.4, 0.5) is 0 Å². The van der Waals surface area contributed by atoms with Crippen molar-refractivity contribution in [2.75, 3.05) is 0 Å². The van der Waals surface area contributed by atoms with Gasteiger partial charge in [-0.1, -0.05) is 38.1 Å². The van der Waals surface area contributed by atoms with Crippen LogP contribution in [0.2, 0.25) is 0 Å². The van der Waals surface area contributed by atoms with Gasteiger partial charge in [0.2, 0.25) is 0 Å². The van der Waals surface area contributed by atoms with Crippen LogP contribution in [0.1, 0.15) is 44.4 Å². The van der Waals surface area contributed by atoms with E-state index < -0.39 is 0 Å². The van der Waals surface area contributed by atoms with Gasteiger partial charge in [-0.15, -0.1) is 0 Å². The first kappa shape index (κ1) is 12.6. The fourth-order valence-corrected chi connectivity index (χ4v) is 2.86. The van der Waals surface area contributed by atoms with Crippen molar-refractivity contribution in [3.05, 3.63) is 35.4 Å². The van der Waals surface area contributed by atoms with Crippen LogP contribution in [-0.2, 0) is 6.42 Å². The van der Waals surface area contributed by atoms with E-state index in [4.69, 9.17) is 0 Å². The number of aliphatic hydroxyl groups excluding tert-OH is 1. The lowest BCUT2D eigenvalue weighted by Crippen LogP contribution is -2.36. The Labute approximate surface area is 104 Å². The highest BCUT2D eigenvalue weighted by Crippen LogP contribution is 2.31. The number of hydrogen-bond acceptors (Lipinski definition) is 2. The highest BCUT2D eigenvalue weighted by molar-refractivity contribution is 5.36. The van der Waals surface area contributed by atoms with E-state index in [1.165, 1.54) is 11.1 Å². The van der Waals surface area contributed by atoms with Gasteiger partial charge in [-0.2, -0.15) is 0 Å². The average molecular weight is 233 g/mol. The van der Waals surface area contributed by atoms with Crippen LogP contribution in [0.15, 0.2) is 24.3 Å². The molecule has 0 bridgehead atoms. The SMILES string of the molecule is CC(C)CC(C)NC1c2ccccc2CC1O. The zero-order valence-corrected chi connectivity index (χ0v) is 11.0. The maximum absolute atomic E-state index is 10.1. The van der Waals surface area contributed by atoms with Crippen molar-refractivity contribution in [2.45, 2.75) is 51.8 Å². The van der Waals surface area contributed by atoms with E-state index in [1.807, 2.05) is 6.07 Å². The van der Waals surface area contributed by atoms with Gasteiger partial charge < -0.3 is 10.4 Å². The van der Waals surface area contributed by atoms with Gasteiger partial charge in [-0.25, -0.2) is 0 Å². The minimum atomic E-state index is -0.276. The smallest absolute Gasteiger partial charge is 0.0775 e. The molecule has 3 atom stereocenters. The van der Waals surface area contributed by atoms with Gasteiger partial charge >= 0.3 is 0 Å². The topological polar surface area (TPSA) is 32.3 Å². The second-order valence-electron chi connectivity index (χ2n) is 5.65. The molecule has 0 amide bonds. The number of rotatable bonds is 4. The Morgan fingerprint density at radius 1 is 1.29 bits per heavy atom. The number of aliphatic hydroxyl groups is 1. The summed E-state index contributed by atoms with van der Waals surface area (Å²) in [5.74, 6) is 0.686. The van der Waals surface area contributed by atoms with Gasteiger partial charge in [0.1, 0.15) is 0 Å². The van der Waals surface area contributed by atoms with E-state index in [-0.39, 0.29) is 12.1 Å². The third-order valence-corrected chi connectivity index (χ3v) is 3.49. The average Bonchev–Trinajstić information content (AvgIpc) is 2.55. The molecular weight excluding hydrogens is 210 g/mol. The molecule has 0 spiro atoms. The predicted octanol–water partition coefficient (Wildman–Crippen LogP) is 2.67. The Bertz CT molecular complexity index is 375. The predicted molar refractivity (Wildman–Crippen MR) is 70.9 cm³/mol. The quantitative estimate of drug-likeness (QED) is 0.838. The molecule has 1 aromatic rings. The summed E-state index contributed by atoms with van der Waals surface area (Å²) in [6, 6.07) is 8.91. The molecule has 3 unspecified atom stereocenters. The molecule has 2 nitrogen and oxygen atoms in total. The zero-order chi connectivity index (χ0) is 12.4. The molecule has 0 radical (unpaired) electrons. The van der Waals surface area contributed by atoms with Crippen molar-refractivity contribution in [1.29, 1.82) is 0 Å². The standard InChI is InChI=1S/C15H23NO/c1-10(2)8-11(3)16-15-13-7-5-4-6-12(13)9-14(15)17/h4-7,10-11,14-17H,8-9H2,1-3H3. The fraction of sp³-hybridized carbons (Fsp3) is 0.600. The normalized spacial score (nSPS) is 25.0.